The lowest BCUT2D eigenvalue weighted by molar-refractivity contribution is -0.123. The van der Waals surface area contributed by atoms with E-state index in [4.69, 9.17) is 0 Å². The molecule has 1 saturated heterocycles. The molecule has 6 rings (SSSR count). The van der Waals surface area contributed by atoms with E-state index < -0.39 is 0 Å². The van der Waals surface area contributed by atoms with E-state index in [0.717, 1.165) is 64.8 Å². The average molecular weight is 625 g/mol. The molecule has 1 aliphatic carbocycles. The lowest BCUT2D eigenvalue weighted by atomic mass is 9.57. The van der Waals surface area contributed by atoms with Gasteiger partial charge in [0.25, 0.3) is 0 Å². The Bertz CT molecular complexity index is 1380. The van der Waals surface area contributed by atoms with E-state index in [0.29, 0.717) is 24.1 Å². The fraction of sp³-hybridized carbons (Fsp3) is 0.472. The Morgan fingerprint density at radius 2 is 1.74 bits per heavy atom. The maximum absolute atomic E-state index is 13.3. The number of fused-ring (bicyclic) bond motifs is 3. The quantitative estimate of drug-likeness (QED) is 0.302. The molecule has 2 fully saturated rings. The number of aromatic hydroxyl groups is 1. The molecule has 0 unspecified atom stereocenters. The van der Waals surface area contributed by atoms with Crippen molar-refractivity contribution in [3.8, 4) is 5.75 Å². The van der Waals surface area contributed by atoms with Gasteiger partial charge in [-0.25, -0.2) is 0 Å². The van der Waals surface area contributed by atoms with Crippen molar-refractivity contribution in [1.82, 2.24) is 15.1 Å². The van der Waals surface area contributed by atoms with Crippen molar-refractivity contribution >= 4 is 30.7 Å². The summed E-state index contributed by atoms with van der Waals surface area (Å²) < 4.78 is 0. The number of hydrogen-bond donors (Lipinski definition) is 2. The standard InChI is InChI=1S/C36H45N3O2.2ClH/c1-26-8-3-4-9-28(26)15-19-39-24-27(2)36(31-12-7-13-34(40)20-31)22-32(21-33(39)23-36)37-35(41)16-18-38-17-14-29-10-5-6-11-30(29)25-38;;/h3-13,20,27,32-33,40H,14-19,21-25H2,1-2H3,(H,37,41);2*1H/t27-,32+,33+,36+;;/m1../s1. The first-order valence-electron chi connectivity index (χ1n) is 15.6. The summed E-state index contributed by atoms with van der Waals surface area (Å²) >= 11 is 0. The lowest BCUT2D eigenvalue weighted by Gasteiger charge is -2.56. The Morgan fingerprint density at radius 3 is 2.53 bits per heavy atom. The van der Waals surface area contributed by atoms with Crippen LogP contribution in [-0.4, -0.2) is 59.1 Å². The third-order valence-corrected chi connectivity index (χ3v) is 10.3. The number of rotatable bonds is 8. The Labute approximate surface area is 269 Å². The number of benzene rings is 3. The largest absolute Gasteiger partial charge is 0.508 e. The summed E-state index contributed by atoms with van der Waals surface area (Å²) in [6, 6.07) is 25.8. The molecule has 0 radical (unpaired) electrons. The molecular weight excluding hydrogens is 577 g/mol. The van der Waals surface area contributed by atoms with Gasteiger partial charge >= 0.3 is 0 Å². The van der Waals surface area contributed by atoms with Gasteiger partial charge in [-0.05, 0) is 84.9 Å². The van der Waals surface area contributed by atoms with Gasteiger partial charge in [-0.15, -0.1) is 24.8 Å². The first-order valence-corrected chi connectivity index (χ1v) is 15.6. The number of phenolic OH excluding ortho intramolecular Hbond substituents is 1. The third kappa shape index (κ3) is 7.39. The van der Waals surface area contributed by atoms with Crippen LogP contribution in [0.4, 0.5) is 0 Å². The molecule has 3 aromatic carbocycles. The number of amides is 1. The Kier molecular flexibility index (Phi) is 11.2. The molecule has 2 heterocycles. The van der Waals surface area contributed by atoms with Gasteiger partial charge in [0.2, 0.25) is 5.91 Å². The average Bonchev–Trinajstić information content (AvgIpc) is 2.98. The van der Waals surface area contributed by atoms with E-state index in [1.807, 2.05) is 12.1 Å². The Hall–Kier alpha value is -2.57. The maximum Gasteiger partial charge on any atom is 0.221 e. The number of nitrogens with zero attached hydrogens (tertiary/aromatic N) is 2. The molecule has 2 N–H and O–H groups in total. The second-order valence-electron chi connectivity index (χ2n) is 12.9. The molecule has 7 heteroatoms. The first-order chi connectivity index (χ1) is 19.9. The van der Waals surface area contributed by atoms with Crippen LogP contribution in [0.15, 0.2) is 72.8 Å². The van der Waals surface area contributed by atoms with Crippen molar-refractivity contribution in [3.63, 3.8) is 0 Å². The monoisotopic (exact) mass is 623 g/mol. The van der Waals surface area contributed by atoms with E-state index in [1.54, 1.807) is 6.07 Å². The summed E-state index contributed by atoms with van der Waals surface area (Å²) in [4.78, 5) is 18.4. The van der Waals surface area contributed by atoms with Crippen molar-refractivity contribution in [2.75, 3.05) is 26.2 Å². The summed E-state index contributed by atoms with van der Waals surface area (Å²) in [7, 11) is 0. The summed E-state index contributed by atoms with van der Waals surface area (Å²) in [6.45, 7) is 9.41. The highest BCUT2D eigenvalue weighted by molar-refractivity contribution is 5.85. The van der Waals surface area contributed by atoms with Crippen LogP contribution in [0.5, 0.6) is 5.75 Å². The highest BCUT2D eigenvalue weighted by atomic mass is 35.5. The summed E-state index contributed by atoms with van der Waals surface area (Å²) in [5, 5.41) is 13.9. The zero-order chi connectivity index (χ0) is 28.4. The number of nitrogens with one attached hydrogen (secondary N) is 1. The van der Waals surface area contributed by atoms with Gasteiger partial charge in [0.05, 0.1) is 0 Å². The highest BCUT2D eigenvalue weighted by Crippen LogP contribution is 2.50. The van der Waals surface area contributed by atoms with Crippen molar-refractivity contribution < 1.29 is 9.90 Å². The molecule has 232 valence electrons. The molecule has 0 spiro atoms. The number of phenols is 1. The minimum atomic E-state index is -0.0463. The molecule has 0 aromatic heterocycles. The van der Waals surface area contributed by atoms with Gasteiger partial charge in [0, 0.05) is 56.6 Å². The third-order valence-electron chi connectivity index (χ3n) is 10.3. The SMILES string of the molecule is Cc1ccccc1CCN1C[C@@H](C)[C@]2(c3cccc(O)c3)C[C@@H](NC(=O)CCN3CCc4ccccc4C3)C[C@H]1C2.Cl.Cl. The van der Waals surface area contributed by atoms with Crippen molar-refractivity contribution in [2.45, 2.75) is 76.4 Å². The zero-order valence-electron chi connectivity index (χ0n) is 25.5. The maximum atomic E-state index is 13.3. The smallest absolute Gasteiger partial charge is 0.221 e. The van der Waals surface area contributed by atoms with Gasteiger partial charge in [0.1, 0.15) is 5.75 Å². The molecule has 2 aliphatic heterocycles. The second kappa shape index (κ2) is 14.5. The van der Waals surface area contributed by atoms with Crippen molar-refractivity contribution in [3.05, 3.63) is 101 Å². The summed E-state index contributed by atoms with van der Waals surface area (Å²) in [5.74, 6) is 0.918. The zero-order valence-corrected chi connectivity index (χ0v) is 27.1. The molecular formula is C36H47Cl2N3O2. The second-order valence-corrected chi connectivity index (χ2v) is 12.9. The van der Waals surface area contributed by atoms with Crippen LogP contribution in [0.2, 0.25) is 0 Å². The van der Waals surface area contributed by atoms with E-state index in [-0.39, 0.29) is 42.2 Å². The summed E-state index contributed by atoms with van der Waals surface area (Å²) in [5.41, 5.74) is 6.80. The molecule has 1 amide bonds. The highest BCUT2D eigenvalue weighted by Gasteiger charge is 2.51. The van der Waals surface area contributed by atoms with E-state index >= 15 is 0 Å². The predicted octanol–water partition coefficient (Wildman–Crippen LogP) is 6.46. The van der Waals surface area contributed by atoms with Crippen LogP contribution in [0.1, 0.15) is 60.4 Å². The van der Waals surface area contributed by atoms with Crippen LogP contribution in [0, 0.1) is 12.8 Å². The molecule has 3 aliphatic rings. The fourth-order valence-corrected chi connectivity index (χ4v) is 7.97. The van der Waals surface area contributed by atoms with Crippen molar-refractivity contribution in [2.24, 2.45) is 5.92 Å². The summed E-state index contributed by atoms with van der Waals surface area (Å²) in [6.07, 6.45) is 5.64. The van der Waals surface area contributed by atoms with Gasteiger partial charge in [-0.2, -0.15) is 0 Å². The number of aryl methyl sites for hydroxylation is 1. The number of likely N-dealkylation sites (tertiary alicyclic amines) is 1. The minimum absolute atomic E-state index is 0. The lowest BCUT2D eigenvalue weighted by Crippen LogP contribution is -2.61. The van der Waals surface area contributed by atoms with Crippen LogP contribution in [0.3, 0.4) is 0 Å². The molecule has 2 bridgehead atoms. The molecule has 1 saturated carbocycles. The Balaban J connectivity index is 0.00000212. The predicted molar refractivity (Wildman–Crippen MR) is 180 cm³/mol. The Morgan fingerprint density at radius 1 is 0.977 bits per heavy atom. The van der Waals surface area contributed by atoms with Crippen LogP contribution < -0.4 is 5.32 Å². The number of carbonyl (C=O) groups excluding carboxylic acids is 1. The molecule has 4 atom stereocenters. The van der Waals surface area contributed by atoms with E-state index in [1.165, 1.54) is 27.8 Å². The number of halogens is 2. The molecule has 5 nitrogen and oxygen atoms in total. The molecule has 3 aromatic rings. The van der Waals surface area contributed by atoms with Crippen molar-refractivity contribution in [1.29, 1.82) is 0 Å². The number of carbonyl (C=O) groups is 1. The first kappa shape index (κ1) is 33.3. The topological polar surface area (TPSA) is 55.8 Å². The van der Waals surface area contributed by atoms with Crippen LogP contribution in [-0.2, 0) is 29.6 Å². The van der Waals surface area contributed by atoms with E-state index in [2.05, 4.69) is 83.6 Å². The van der Waals surface area contributed by atoms with Crippen LogP contribution in [0.25, 0.3) is 0 Å². The van der Waals surface area contributed by atoms with E-state index in [9.17, 15) is 9.90 Å². The number of piperidine rings is 1. The van der Waals surface area contributed by atoms with Gasteiger partial charge in [-0.1, -0.05) is 67.6 Å². The normalized spacial score (nSPS) is 25.1. The van der Waals surface area contributed by atoms with Gasteiger partial charge in [-0.3, -0.25) is 14.6 Å². The minimum Gasteiger partial charge on any atom is -0.508 e. The molecule has 43 heavy (non-hydrogen) atoms. The fourth-order valence-electron chi connectivity index (χ4n) is 7.97. The van der Waals surface area contributed by atoms with Crippen LogP contribution >= 0.6 is 24.8 Å². The van der Waals surface area contributed by atoms with Gasteiger partial charge < -0.3 is 10.4 Å². The number of hydrogen-bond acceptors (Lipinski definition) is 4. The van der Waals surface area contributed by atoms with Gasteiger partial charge in [0.15, 0.2) is 0 Å².